The van der Waals surface area contributed by atoms with Crippen molar-refractivity contribution in [3.05, 3.63) is 136 Å². The van der Waals surface area contributed by atoms with E-state index in [4.69, 9.17) is 4.99 Å². The summed E-state index contributed by atoms with van der Waals surface area (Å²) in [5, 5.41) is 0. The number of nitrogens with zero attached hydrogens (tertiary/aromatic N) is 2. The van der Waals surface area contributed by atoms with Crippen LogP contribution in [-0.4, -0.2) is 5.84 Å². The number of halogens is 1. The van der Waals surface area contributed by atoms with Gasteiger partial charge in [-0.3, -0.25) is 4.99 Å². The van der Waals surface area contributed by atoms with Gasteiger partial charge in [0.2, 0.25) is 0 Å². The molecule has 0 N–H and O–H groups in total. The van der Waals surface area contributed by atoms with E-state index < -0.39 is 5.54 Å². The summed E-state index contributed by atoms with van der Waals surface area (Å²) in [6, 6.07) is 40.4. The lowest BCUT2D eigenvalue weighted by Gasteiger charge is -2.36. The summed E-state index contributed by atoms with van der Waals surface area (Å²) in [6.45, 7) is 2.25. The fourth-order valence-electron chi connectivity index (χ4n) is 4.48. The van der Waals surface area contributed by atoms with Gasteiger partial charge in [0.05, 0.1) is 6.04 Å². The SMILES string of the molecule is C[C@@]1(c2ccccc2)N=C(c2ccccc2)N(c2ccc(Br)cc2)[C@H]1c1ccccc1. The van der Waals surface area contributed by atoms with Crippen molar-refractivity contribution in [3.63, 3.8) is 0 Å². The van der Waals surface area contributed by atoms with E-state index in [-0.39, 0.29) is 6.04 Å². The van der Waals surface area contributed by atoms with Gasteiger partial charge in [-0.05, 0) is 42.3 Å². The molecule has 2 nitrogen and oxygen atoms in total. The lowest BCUT2D eigenvalue weighted by Crippen LogP contribution is -2.37. The average Bonchev–Trinajstić information content (AvgIpc) is 3.16. The van der Waals surface area contributed by atoms with Crippen molar-refractivity contribution >= 4 is 27.5 Å². The lowest BCUT2D eigenvalue weighted by atomic mass is 9.81. The standard InChI is InChI=1S/C28H23BrN2/c1-28(23-15-9-4-10-16-23)26(21-11-5-2-6-12-21)31(25-19-17-24(29)18-20-25)27(30-28)22-13-7-3-8-14-22/h2-20,26H,1H3/t26-,28-/m0/s1. The minimum absolute atomic E-state index is 0.0208. The predicted molar refractivity (Wildman–Crippen MR) is 133 cm³/mol. The quantitative estimate of drug-likeness (QED) is 0.306. The molecule has 0 saturated heterocycles. The van der Waals surface area contributed by atoms with Crippen LogP contribution in [0.3, 0.4) is 0 Å². The van der Waals surface area contributed by atoms with Crippen LogP contribution in [0.25, 0.3) is 0 Å². The molecule has 0 amide bonds. The number of aliphatic imine (C=N–C) groups is 1. The molecule has 0 aromatic heterocycles. The molecule has 1 heterocycles. The minimum atomic E-state index is -0.444. The summed E-state index contributed by atoms with van der Waals surface area (Å²) in [5.74, 6) is 0.989. The molecular weight excluding hydrogens is 444 g/mol. The molecule has 1 aliphatic heterocycles. The van der Waals surface area contributed by atoms with Crippen molar-refractivity contribution in [2.45, 2.75) is 18.5 Å². The molecule has 0 spiro atoms. The van der Waals surface area contributed by atoms with Gasteiger partial charge in [0.15, 0.2) is 0 Å². The highest BCUT2D eigenvalue weighted by molar-refractivity contribution is 9.10. The van der Waals surface area contributed by atoms with Gasteiger partial charge in [0.25, 0.3) is 0 Å². The van der Waals surface area contributed by atoms with Gasteiger partial charge in [-0.15, -0.1) is 0 Å². The first-order chi connectivity index (χ1) is 15.2. The van der Waals surface area contributed by atoms with Crippen molar-refractivity contribution in [1.82, 2.24) is 0 Å². The first-order valence-electron chi connectivity index (χ1n) is 10.5. The molecule has 0 bridgehead atoms. The molecule has 152 valence electrons. The number of anilines is 1. The van der Waals surface area contributed by atoms with Crippen LogP contribution in [0.15, 0.2) is 125 Å². The third-order valence-electron chi connectivity index (χ3n) is 5.97. The Morgan fingerprint density at radius 1 is 0.710 bits per heavy atom. The number of hydrogen-bond donors (Lipinski definition) is 0. The monoisotopic (exact) mass is 466 g/mol. The van der Waals surface area contributed by atoms with Gasteiger partial charge in [-0.2, -0.15) is 0 Å². The second kappa shape index (κ2) is 8.16. The Kier molecular flexibility index (Phi) is 5.21. The second-order valence-electron chi connectivity index (χ2n) is 7.97. The van der Waals surface area contributed by atoms with Gasteiger partial charge in [-0.1, -0.05) is 107 Å². The van der Waals surface area contributed by atoms with Crippen LogP contribution in [0.2, 0.25) is 0 Å². The van der Waals surface area contributed by atoms with Gasteiger partial charge in [-0.25, -0.2) is 0 Å². The Bertz CT molecular complexity index is 1190. The number of benzene rings is 4. The largest absolute Gasteiger partial charge is 0.316 e. The molecule has 1 aliphatic rings. The zero-order valence-corrected chi connectivity index (χ0v) is 18.9. The maximum absolute atomic E-state index is 5.43. The molecule has 0 saturated carbocycles. The van der Waals surface area contributed by atoms with E-state index in [2.05, 4.69) is 137 Å². The number of amidine groups is 1. The van der Waals surface area contributed by atoms with Crippen LogP contribution in [-0.2, 0) is 5.54 Å². The van der Waals surface area contributed by atoms with Crippen molar-refractivity contribution in [3.8, 4) is 0 Å². The lowest BCUT2D eigenvalue weighted by molar-refractivity contribution is 0.429. The molecule has 4 aromatic carbocycles. The molecule has 5 rings (SSSR count). The van der Waals surface area contributed by atoms with E-state index in [0.29, 0.717) is 0 Å². The molecule has 2 atom stereocenters. The first kappa shape index (κ1) is 19.8. The second-order valence-corrected chi connectivity index (χ2v) is 8.89. The maximum Gasteiger partial charge on any atom is 0.137 e. The fraction of sp³-hybridized carbons (Fsp3) is 0.107. The van der Waals surface area contributed by atoms with Crippen molar-refractivity contribution in [1.29, 1.82) is 0 Å². The van der Waals surface area contributed by atoms with Crippen molar-refractivity contribution < 1.29 is 0 Å². The van der Waals surface area contributed by atoms with Crippen LogP contribution < -0.4 is 4.90 Å². The highest BCUT2D eigenvalue weighted by atomic mass is 79.9. The van der Waals surface area contributed by atoms with Crippen LogP contribution in [0.5, 0.6) is 0 Å². The smallest absolute Gasteiger partial charge is 0.137 e. The van der Waals surface area contributed by atoms with Gasteiger partial charge in [0.1, 0.15) is 11.4 Å². The summed E-state index contributed by atoms with van der Waals surface area (Å²) in [7, 11) is 0. The van der Waals surface area contributed by atoms with Crippen LogP contribution in [0, 0.1) is 0 Å². The Balaban J connectivity index is 1.77. The molecular formula is C28H23BrN2. The Hall–Kier alpha value is -3.17. The van der Waals surface area contributed by atoms with Gasteiger partial charge < -0.3 is 4.90 Å². The van der Waals surface area contributed by atoms with Gasteiger partial charge in [0, 0.05) is 15.7 Å². The first-order valence-corrected chi connectivity index (χ1v) is 11.3. The van der Waals surface area contributed by atoms with E-state index in [0.717, 1.165) is 21.6 Å². The summed E-state index contributed by atoms with van der Waals surface area (Å²) >= 11 is 3.58. The molecule has 3 heteroatoms. The Labute approximate surface area is 192 Å². The van der Waals surface area contributed by atoms with E-state index in [9.17, 15) is 0 Å². The highest BCUT2D eigenvalue weighted by Gasteiger charge is 2.48. The molecule has 31 heavy (non-hydrogen) atoms. The van der Waals surface area contributed by atoms with E-state index >= 15 is 0 Å². The Morgan fingerprint density at radius 2 is 1.26 bits per heavy atom. The zero-order valence-electron chi connectivity index (χ0n) is 17.3. The molecule has 0 aliphatic carbocycles. The average molecular weight is 467 g/mol. The predicted octanol–water partition coefficient (Wildman–Crippen LogP) is 7.37. The summed E-state index contributed by atoms with van der Waals surface area (Å²) in [5.41, 5.74) is 4.24. The normalized spacial score (nSPS) is 20.5. The fourth-order valence-corrected chi connectivity index (χ4v) is 4.74. The van der Waals surface area contributed by atoms with Crippen LogP contribution >= 0.6 is 15.9 Å². The zero-order chi connectivity index (χ0) is 21.3. The number of hydrogen-bond acceptors (Lipinski definition) is 2. The molecule has 0 fully saturated rings. The van der Waals surface area contributed by atoms with Crippen LogP contribution in [0.4, 0.5) is 5.69 Å². The topological polar surface area (TPSA) is 15.6 Å². The highest BCUT2D eigenvalue weighted by Crippen LogP contribution is 2.49. The van der Waals surface area contributed by atoms with Crippen molar-refractivity contribution in [2.75, 3.05) is 4.90 Å². The van der Waals surface area contributed by atoms with E-state index in [1.54, 1.807) is 0 Å². The van der Waals surface area contributed by atoms with E-state index in [1.807, 2.05) is 6.07 Å². The molecule has 4 aromatic rings. The summed E-state index contributed by atoms with van der Waals surface area (Å²) in [4.78, 5) is 7.82. The van der Waals surface area contributed by atoms with Crippen molar-refractivity contribution in [2.24, 2.45) is 4.99 Å². The minimum Gasteiger partial charge on any atom is -0.316 e. The number of rotatable bonds is 4. The Morgan fingerprint density at radius 3 is 1.87 bits per heavy atom. The molecule has 0 unspecified atom stereocenters. The van der Waals surface area contributed by atoms with Gasteiger partial charge >= 0.3 is 0 Å². The van der Waals surface area contributed by atoms with Crippen LogP contribution in [0.1, 0.15) is 29.7 Å². The maximum atomic E-state index is 5.43. The van der Waals surface area contributed by atoms with E-state index in [1.165, 1.54) is 11.1 Å². The molecule has 0 radical (unpaired) electrons. The third kappa shape index (κ3) is 3.60. The third-order valence-corrected chi connectivity index (χ3v) is 6.50. The summed E-state index contributed by atoms with van der Waals surface area (Å²) < 4.78 is 1.07. The summed E-state index contributed by atoms with van der Waals surface area (Å²) in [6.07, 6.45) is 0.